The fourth-order valence-corrected chi connectivity index (χ4v) is 3.60. The van der Waals surface area contributed by atoms with Gasteiger partial charge in [-0.2, -0.15) is 0 Å². The van der Waals surface area contributed by atoms with Crippen LogP contribution in [-0.2, 0) is 4.79 Å². The van der Waals surface area contributed by atoms with Crippen molar-refractivity contribution in [3.05, 3.63) is 27.5 Å². The number of halogens is 1. The lowest BCUT2D eigenvalue weighted by atomic mass is 10.2. The molecule has 1 aromatic carbocycles. The maximum Gasteiger partial charge on any atom is 0.263 e. The number of carbonyl (C=O) groups is 2. The van der Waals surface area contributed by atoms with Crippen LogP contribution in [0.1, 0.15) is 22.5 Å². The second-order valence-corrected chi connectivity index (χ2v) is 6.98. The Balaban J connectivity index is 1.71. The lowest BCUT2D eigenvalue weighted by Gasteiger charge is -2.05. The second kappa shape index (κ2) is 5.65. The van der Waals surface area contributed by atoms with Crippen molar-refractivity contribution in [2.75, 3.05) is 12.3 Å². The first kappa shape index (κ1) is 14.3. The summed E-state index contributed by atoms with van der Waals surface area (Å²) in [7, 11) is 0. The molecule has 1 fully saturated rings. The summed E-state index contributed by atoms with van der Waals surface area (Å²) < 4.78 is 1.88. The van der Waals surface area contributed by atoms with Gasteiger partial charge in [0.05, 0.1) is 12.2 Å². The maximum atomic E-state index is 12.2. The minimum atomic E-state index is -0.309. The number of fused-ring (bicyclic) bond motifs is 1. The van der Waals surface area contributed by atoms with Gasteiger partial charge in [-0.25, -0.2) is 0 Å². The number of nitrogens with two attached hydrogens (primary N) is 1. The average Bonchev–Trinajstić information content (AvgIpc) is 3.19. The molecule has 0 spiro atoms. The van der Waals surface area contributed by atoms with Gasteiger partial charge in [0, 0.05) is 20.6 Å². The second-order valence-electron chi connectivity index (χ2n) is 5.01. The highest BCUT2D eigenvalue weighted by atomic mass is 79.9. The van der Waals surface area contributed by atoms with Crippen molar-refractivity contribution >= 4 is 54.9 Å². The van der Waals surface area contributed by atoms with E-state index >= 15 is 0 Å². The molecule has 0 bridgehead atoms. The van der Waals surface area contributed by atoms with Gasteiger partial charge in [-0.1, -0.05) is 22.0 Å². The molecule has 0 unspecified atom stereocenters. The van der Waals surface area contributed by atoms with Crippen LogP contribution in [0.2, 0.25) is 0 Å². The summed E-state index contributed by atoms with van der Waals surface area (Å²) in [5, 5.41) is 6.29. The van der Waals surface area contributed by atoms with Gasteiger partial charge in [0.25, 0.3) is 5.91 Å². The van der Waals surface area contributed by atoms with Gasteiger partial charge in [0.2, 0.25) is 5.91 Å². The Morgan fingerprint density at radius 2 is 2.14 bits per heavy atom. The minimum absolute atomic E-state index is 0.0211. The van der Waals surface area contributed by atoms with Crippen molar-refractivity contribution in [2.24, 2.45) is 0 Å². The molecule has 4 N–H and O–H groups in total. The van der Waals surface area contributed by atoms with Gasteiger partial charge < -0.3 is 16.4 Å². The van der Waals surface area contributed by atoms with E-state index in [0.29, 0.717) is 16.6 Å². The van der Waals surface area contributed by atoms with Crippen LogP contribution in [0, 0.1) is 0 Å². The highest BCUT2D eigenvalue weighted by molar-refractivity contribution is 9.10. The fourth-order valence-electron chi connectivity index (χ4n) is 2.01. The third-order valence-corrected chi connectivity index (χ3v) is 4.91. The number of thiophene rings is 1. The van der Waals surface area contributed by atoms with Crippen LogP contribution in [0.4, 0.5) is 5.69 Å². The Bertz CT molecular complexity index is 724. The van der Waals surface area contributed by atoms with Crippen LogP contribution in [-0.4, -0.2) is 24.4 Å². The molecule has 5 nitrogen and oxygen atoms in total. The van der Waals surface area contributed by atoms with Gasteiger partial charge in [0.1, 0.15) is 4.88 Å². The molecule has 1 aliphatic rings. The number of nitrogens with one attached hydrogen (secondary N) is 2. The number of carbonyl (C=O) groups excluding carboxylic acids is 2. The first-order valence-corrected chi connectivity index (χ1v) is 8.20. The van der Waals surface area contributed by atoms with Gasteiger partial charge in [-0.05, 0) is 25.0 Å². The van der Waals surface area contributed by atoms with Gasteiger partial charge >= 0.3 is 0 Å². The lowest BCUT2D eigenvalue weighted by Crippen LogP contribution is -2.37. The lowest BCUT2D eigenvalue weighted by molar-refractivity contribution is -0.120. The zero-order chi connectivity index (χ0) is 15.0. The van der Waals surface area contributed by atoms with E-state index in [1.807, 2.05) is 18.2 Å². The Hall–Kier alpha value is -1.60. The third kappa shape index (κ3) is 3.19. The molecule has 3 rings (SSSR count). The number of hydrogen-bond acceptors (Lipinski definition) is 4. The van der Waals surface area contributed by atoms with Crippen molar-refractivity contribution < 1.29 is 9.59 Å². The Labute approximate surface area is 134 Å². The predicted molar refractivity (Wildman–Crippen MR) is 87.4 cm³/mol. The molecule has 0 atom stereocenters. The fraction of sp³-hybridized carbons (Fsp3) is 0.286. The van der Waals surface area contributed by atoms with Crippen LogP contribution in [0.5, 0.6) is 0 Å². The molecule has 2 amide bonds. The van der Waals surface area contributed by atoms with Gasteiger partial charge in [0.15, 0.2) is 0 Å². The van der Waals surface area contributed by atoms with Gasteiger partial charge in [-0.15, -0.1) is 11.3 Å². The van der Waals surface area contributed by atoms with E-state index in [2.05, 4.69) is 26.6 Å². The summed E-state index contributed by atoms with van der Waals surface area (Å²) in [6.45, 7) is -0.0211. The van der Waals surface area contributed by atoms with Crippen molar-refractivity contribution in [2.45, 2.75) is 18.9 Å². The smallest absolute Gasteiger partial charge is 0.263 e. The molecule has 0 radical (unpaired) electrons. The molecule has 0 aliphatic heterocycles. The summed E-state index contributed by atoms with van der Waals surface area (Å²) in [5.74, 6) is -0.468. The molecule has 2 aromatic rings. The largest absolute Gasteiger partial charge is 0.397 e. The molecule has 7 heteroatoms. The summed E-state index contributed by atoms with van der Waals surface area (Å²) in [4.78, 5) is 24.2. The van der Waals surface area contributed by atoms with E-state index in [1.54, 1.807) is 0 Å². The summed E-state index contributed by atoms with van der Waals surface area (Å²) in [5.41, 5.74) is 6.48. The normalized spacial score (nSPS) is 14.1. The Morgan fingerprint density at radius 3 is 2.86 bits per heavy atom. The standard InChI is InChI=1S/C14H14BrN3O2S/c15-7-1-4-9-10(5-7)21-13(12(9)16)14(20)17-6-11(19)18-8-2-3-8/h1,4-5,8H,2-3,6,16H2,(H,17,20)(H,18,19). The Kier molecular flexibility index (Phi) is 3.86. The van der Waals surface area contributed by atoms with Crippen molar-refractivity contribution in [1.82, 2.24) is 10.6 Å². The van der Waals surface area contributed by atoms with Crippen molar-refractivity contribution in [3.8, 4) is 0 Å². The summed E-state index contributed by atoms with van der Waals surface area (Å²) >= 11 is 4.72. The average molecular weight is 368 g/mol. The molecule has 110 valence electrons. The van der Waals surface area contributed by atoms with Crippen LogP contribution >= 0.6 is 27.3 Å². The molecular weight excluding hydrogens is 354 g/mol. The van der Waals surface area contributed by atoms with E-state index < -0.39 is 0 Å². The zero-order valence-electron chi connectivity index (χ0n) is 11.1. The van der Waals surface area contributed by atoms with Crippen LogP contribution in [0.3, 0.4) is 0 Å². The summed E-state index contributed by atoms with van der Waals surface area (Å²) in [6.07, 6.45) is 2.05. The van der Waals surface area contributed by atoms with Gasteiger partial charge in [-0.3, -0.25) is 9.59 Å². The first-order valence-electron chi connectivity index (χ1n) is 6.59. The highest BCUT2D eigenvalue weighted by Gasteiger charge is 2.23. The van der Waals surface area contributed by atoms with E-state index in [-0.39, 0.29) is 18.4 Å². The molecule has 1 aliphatic carbocycles. The monoisotopic (exact) mass is 367 g/mol. The maximum absolute atomic E-state index is 12.2. The number of anilines is 1. The highest BCUT2D eigenvalue weighted by Crippen LogP contribution is 2.35. The first-order chi connectivity index (χ1) is 10.0. The molecular formula is C14H14BrN3O2S. The third-order valence-electron chi connectivity index (χ3n) is 3.25. The van der Waals surface area contributed by atoms with Crippen LogP contribution in [0.25, 0.3) is 10.1 Å². The number of rotatable bonds is 4. The molecule has 21 heavy (non-hydrogen) atoms. The number of amides is 2. The molecule has 0 saturated heterocycles. The number of nitrogen functional groups attached to an aromatic ring is 1. The SMILES string of the molecule is Nc1c(C(=O)NCC(=O)NC2CC2)sc2cc(Br)ccc12. The van der Waals surface area contributed by atoms with Crippen molar-refractivity contribution in [1.29, 1.82) is 0 Å². The molecule has 1 heterocycles. The van der Waals surface area contributed by atoms with E-state index in [4.69, 9.17) is 5.73 Å². The number of benzene rings is 1. The topological polar surface area (TPSA) is 84.2 Å². The Morgan fingerprint density at radius 1 is 1.38 bits per heavy atom. The molecule has 1 saturated carbocycles. The quantitative estimate of drug-likeness (QED) is 0.774. The number of hydrogen-bond donors (Lipinski definition) is 3. The minimum Gasteiger partial charge on any atom is -0.397 e. The van der Waals surface area contributed by atoms with E-state index in [0.717, 1.165) is 27.4 Å². The van der Waals surface area contributed by atoms with Crippen LogP contribution < -0.4 is 16.4 Å². The van der Waals surface area contributed by atoms with Crippen LogP contribution in [0.15, 0.2) is 22.7 Å². The molecule has 1 aromatic heterocycles. The van der Waals surface area contributed by atoms with Crippen molar-refractivity contribution in [3.63, 3.8) is 0 Å². The zero-order valence-corrected chi connectivity index (χ0v) is 13.5. The van der Waals surface area contributed by atoms with E-state index in [9.17, 15) is 9.59 Å². The van der Waals surface area contributed by atoms with E-state index in [1.165, 1.54) is 11.3 Å². The summed E-state index contributed by atoms with van der Waals surface area (Å²) in [6, 6.07) is 5.98. The predicted octanol–water partition coefficient (Wildman–Crippen LogP) is 2.25.